The molecule has 0 atom stereocenters. The summed E-state index contributed by atoms with van der Waals surface area (Å²) in [5, 5.41) is 0. The van der Waals surface area contributed by atoms with Gasteiger partial charge in [-0.2, -0.15) is 0 Å². The third-order valence-electron chi connectivity index (χ3n) is 2.50. The van der Waals surface area contributed by atoms with Crippen molar-refractivity contribution in [2.75, 3.05) is 0 Å². The summed E-state index contributed by atoms with van der Waals surface area (Å²) < 4.78 is 15.8. The Bertz CT molecular complexity index is 607. The number of hydrogen-bond acceptors (Lipinski definition) is 1. The maximum Gasteiger partial charge on any atom is 0.251 e. The molecule has 0 saturated heterocycles. The molecule has 1 aromatic carbocycles. The Hall–Kier alpha value is -1.42. The molecule has 0 amide bonds. The molecule has 88 valence electrons. The van der Waals surface area contributed by atoms with E-state index in [1.807, 2.05) is 13.0 Å². The molecule has 0 radical (unpaired) electrons. The van der Waals surface area contributed by atoms with Gasteiger partial charge in [0.05, 0.1) is 6.54 Å². The summed E-state index contributed by atoms with van der Waals surface area (Å²) >= 11 is 3.29. The van der Waals surface area contributed by atoms with Crippen molar-refractivity contribution in [1.29, 1.82) is 0 Å². The van der Waals surface area contributed by atoms with E-state index in [4.69, 9.17) is 0 Å². The Kier molecular flexibility index (Phi) is 3.43. The minimum absolute atomic E-state index is 0.121. The largest absolute Gasteiger partial charge is 0.311 e. The maximum atomic E-state index is 13.5. The molecule has 0 spiro atoms. The molecular weight excluding hydrogens is 285 g/mol. The Morgan fingerprint density at radius 1 is 1.29 bits per heavy atom. The van der Waals surface area contributed by atoms with Crippen LogP contribution < -0.4 is 5.56 Å². The first-order valence-electron chi connectivity index (χ1n) is 5.17. The molecule has 0 bridgehead atoms. The van der Waals surface area contributed by atoms with E-state index in [2.05, 4.69) is 15.9 Å². The second-order valence-corrected chi connectivity index (χ2v) is 4.82. The van der Waals surface area contributed by atoms with Gasteiger partial charge in [-0.05, 0) is 36.8 Å². The van der Waals surface area contributed by atoms with Crippen LogP contribution in [-0.2, 0) is 6.54 Å². The standard InChI is InChI=1S/C13H11BrFNO/c1-9-4-5-16(13(17)6-9)8-10-7-11(14)2-3-12(10)15/h2-7H,8H2,1H3. The van der Waals surface area contributed by atoms with Crippen molar-refractivity contribution in [2.24, 2.45) is 0 Å². The number of benzene rings is 1. The highest BCUT2D eigenvalue weighted by Crippen LogP contribution is 2.16. The van der Waals surface area contributed by atoms with Crippen LogP contribution in [0.5, 0.6) is 0 Å². The number of pyridine rings is 1. The molecule has 17 heavy (non-hydrogen) atoms. The lowest BCUT2D eigenvalue weighted by Gasteiger charge is -2.07. The molecule has 2 rings (SSSR count). The molecular formula is C13H11BrFNO. The quantitative estimate of drug-likeness (QED) is 0.834. The van der Waals surface area contributed by atoms with Crippen LogP contribution in [0, 0.1) is 12.7 Å². The van der Waals surface area contributed by atoms with E-state index in [0.29, 0.717) is 5.56 Å². The van der Waals surface area contributed by atoms with E-state index in [-0.39, 0.29) is 17.9 Å². The molecule has 2 nitrogen and oxygen atoms in total. The van der Waals surface area contributed by atoms with Crippen molar-refractivity contribution in [3.63, 3.8) is 0 Å². The van der Waals surface area contributed by atoms with Gasteiger partial charge < -0.3 is 4.57 Å². The van der Waals surface area contributed by atoms with E-state index in [1.54, 1.807) is 18.3 Å². The van der Waals surface area contributed by atoms with Gasteiger partial charge >= 0.3 is 0 Å². The van der Waals surface area contributed by atoms with E-state index < -0.39 is 0 Å². The number of rotatable bonds is 2. The zero-order valence-corrected chi connectivity index (χ0v) is 10.9. The summed E-state index contributed by atoms with van der Waals surface area (Å²) in [6.07, 6.45) is 1.68. The molecule has 0 N–H and O–H groups in total. The fourth-order valence-electron chi connectivity index (χ4n) is 1.59. The van der Waals surface area contributed by atoms with Crippen LogP contribution >= 0.6 is 15.9 Å². The number of nitrogens with zero attached hydrogens (tertiary/aromatic N) is 1. The lowest BCUT2D eigenvalue weighted by molar-refractivity contribution is 0.595. The number of hydrogen-bond donors (Lipinski definition) is 0. The van der Waals surface area contributed by atoms with Crippen molar-refractivity contribution in [2.45, 2.75) is 13.5 Å². The highest BCUT2D eigenvalue weighted by atomic mass is 79.9. The van der Waals surface area contributed by atoms with Gasteiger partial charge in [-0.15, -0.1) is 0 Å². The average molecular weight is 296 g/mol. The van der Waals surface area contributed by atoms with Crippen LogP contribution in [0.4, 0.5) is 4.39 Å². The summed E-state index contributed by atoms with van der Waals surface area (Å²) in [5.74, 6) is -0.305. The summed E-state index contributed by atoms with van der Waals surface area (Å²) in [7, 11) is 0. The number of halogens is 2. The molecule has 0 aliphatic heterocycles. The van der Waals surface area contributed by atoms with Crippen molar-refractivity contribution in [3.05, 3.63) is 68.3 Å². The minimum Gasteiger partial charge on any atom is -0.311 e. The molecule has 0 saturated carbocycles. The third-order valence-corrected chi connectivity index (χ3v) is 2.99. The summed E-state index contributed by atoms with van der Waals surface area (Å²) in [4.78, 5) is 11.7. The summed E-state index contributed by atoms with van der Waals surface area (Å²) in [5.41, 5.74) is 1.27. The van der Waals surface area contributed by atoms with Crippen molar-refractivity contribution < 1.29 is 4.39 Å². The molecule has 0 unspecified atom stereocenters. The minimum atomic E-state index is -0.305. The summed E-state index contributed by atoms with van der Waals surface area (Å²) in [6.45, 7) is 2.09. The maximum absolute atomic E-state index is 13.5. The fourth-order valence-corrected chi connectivity index (χ4v) is 1.99. The van der Waals surface area contributed by atoms with Gasteiger partial charge in [0.2, 0.25) is 0 Å². The molecule has 0 aliphatic carbocycles. The molecule has 1 heterocycles. The SMILES string of the molecule is Cc1ccn(Cc2cc(Br)ccc2F)c(=O)c1. The highest BCUT2D eigenvalue weighted by molar-refractivity contribution is 9.10. The molecule has 0 aliphatic rings. The van der Waals surface area contributed by atoms with E-state index in [0.717, 1.165) is 10.0 Å². The zero-order chi connectivity index (χ0) is 12.4. The van der Waals surface area contributed by atoms with Gasteiger partial charge in [-0.3, -0.25) is 4.79 Å². The summed E-state index contributed by atoms with van der Waals surface area (Å²) in [6, 6.07) is 8.07. The predicted octanol–water partition coefficient (Wildman–Crippen LogP) is 3.11. The van der Waals surface area contributed by atoms with Crippen LogP contribution in [0.1, 0.15) is 11.1 Å². The Morgan fingerprint density at radius 2 is 2.06 bits per heavy atom. The lowest BCUT2D eigenvalue weighted by Crippen LogP contribution is -2.19. The normalized spacial score (nSPS) is 10.5. The Balaban J connectivity index is 2.38. The van der Waals surface area contributed by atoms with E-state index in [1.165, 1.54) is 16.7 Å². The monoisotopic (exact) mass is 295 g/mol. The molecule has 0 fully saturated rings. The Morgan fingerprint density at radius 3 is 2.76 bits per heavy atom. The van der Waals surface area contributed by atoms with Crippen LogP contribution in [0.15, 0.2) is 45.8 Å². The van der Waals surface area contributed by atoms with Crippen LogP contribution in [-0.4, -0.2) is 4.57 Å². The van der Waals surface area contributed by atoms with Gasteiger partial charge in [-0.25, -0.2) is 4.39 Å². The average Bonchev–Trinajstić information content (AvgIpc) is 2.27. The second-order valence-electron chi connectivity index (χ2n) is 3.91. The van der Waals surface area contributed by atoms with Gasteiger partial charge in [0.15, 0.2) is 0 Å². The van der Waals surface area contributed by atoms with Crippen molar-refractivity contribution >= 4 is 15.9 Å². The van der Waals surface area contributed by atoms with E-state index >= 15 is 0 Å². The second kappa shape index (κ2) is 4.84. The lowest BCUT2D eigenvalue weighted by atomic mass is 10.2. The Labute approximate surface area is 107 Å². The smallest absolute Gasteiger partial charge is 0.251 e. The number of aromatic nitrogens is 1. The first-order valence-corrected chi connectivity index (χ1v) is 5.96. The van der Waals surface area contributed by atoms with Gasteiger partial charge in [0.1, 0.15) is 5.82 Å². The molecule has 1 aromatic heterocycles. The van der Waals surface area contributed by atoms with Gasteiger partial charge in [0.25, 0.3) is 5.56 Å². The van der Waals surface area contributed by atoms with Crippen LogP contribution in [0.25, 0.3) is 0 Å². The van der Waals surface area contributed by atoms with E-state index in [9.17, 15) is 9.18 Å². The number of aryl methyl sites for hydroxylation is 1. The predicted molar refractivity (Wildman–Crippen MR) is 68.6 cm³/mol. The zero-order valence-electron chi connectivity index (χ0n) is 9.28. The first-order chi connectivity index (χ1) is 8.06. The van der Waals surface area contributed by atoms with Crippen molar-refractivity contribution in [3.8, 4) is 0 Å². The van der Waals surface area contributed by atoms with Crippen LogP contribution in [0.2, 0.25) is 0 Å². The third kappa shape index (κ3) is 2.82. The van der Waals surface area contributed by atoms with Crippen molar-refractivity contribution in [1.82, 2.24) is 4.57 Å². The molecule has 2 aromatic rings. The van der Waals surface area contributed by atoms with Gasteiger partial charge in [0, 0.05) is 22.3 Å². The van der Waals surface area contributed by atoms with Gasteiger partial charge in [-0.1, -0.05) is 15.9 Å². The first kappa shape index (κ1) is 12.0. The fraction of sp³-hybridized carbons (Fsp3) is 0.154. The van der Waals surface area contributed by atoms with Crippen LogP contribution in [0.3, 0.4) is 0 Å². The highest BCUT2D eigenvalue weighted by Gasteiger charge is 2.04. The molecule has 4 heteroatoms. The topological polar surface area (TPSA) is 22.0 Å².